The molecule has 1 aromatic rings. The molecule has 0 saturated carbocycles. The van der Waals surface area contributed by atoms with Crippen molar-refractivity contribution in [3.8, 4) is 0 Å². The van der Waals surface area contributed by atoms with Gasteiger partial charge in [0.2, 0.25) is 11.8 Å². The summed E-state index contributed by atoms with van der Waals surface area (Å²) in [7, 11) is 1.77. The monoisotopic (exact) mass is 337 g/mol. The van der Waals surface area contributed by atoms with Gasteiger partial charge < -0.3 is 10.6 Å². The molecule has 1 rings (SSSR count). The first-order valence-electron chi connectivity index (χ1n) is 7.80. The fourth-order valence-electron chi connectivity index (χ4n) is 2.04. The number of hydrogen-bond acceptors (Lipinski definition) is 4. The number of benzene rings is 1. The molecule has 128 valence electrons. The molecule has 2 N–H and O–H groups in total. The number of anilines is 1. The van der Waals surface area contributed by atoms with E-state index in [9.17, 15) is 9.59 Å². The van der Waals surface area contributed by atoms with Crippen molar-refractivity contribution in [3.05, 3.63) is 24.3 Å². The van der Waals surface area contributed by atoms with Gasteiger partial charge in [0.25, 0.3) is 0 Å². The van der Waals surface area contributed by atoms with Gasteiger partial charge in [0.05, 0.1) is 18.8 Å². The van der Waals surface area contributed by atoms with E-state index in [4.69, 9.17) is 0 Å². The summed E-state index contributed by atoms with van der Waals surface area (Å²) in [4.78, 5) is 26.6. The molecule has 0 aliphatic rings. The highest BCUT2D eigenvalue weighted by Crippen LogP contribution is 2.24. The van der Waals surface area contributed by atoms with Crippen molar-refractivity contribution in [1.29, 1.82) is 0 Å². The summed E-state index contributed by atoms with van der Waals surface area (Å²) in [5.74, 6) is 0.393. The number of hydrogen-bond donors (Lipinski definition) is 2. The van der Waals surface area contributed by atoms with Gasteiger partial charge >= 0.3 is 0 Å². The number of nitrogens with zero attached hydrogens (tertiary/aromatic N) is 1. The molecule has 23 heavy (non-hydrogen) atoms. The van der Waals surface area contributed by atoms with E-state index < -0.39 is 0 Å². The predicted molar refractivity (Wildman–Crippen MR) is 96.8 cm³/mol. The van der Waals surface area contributed by atoms with Crippen LogP contribution >= 0.6 is 11.8 Å². The first-order chi connectivity index (χ1) is 10.9. The van der Waals surface area contributed by atoms with E-state index in [-0.39, 0.29) is 24.9 Å². The Kier molecular flexibility index (Phi) is 8.73. The maximum absolute atomic E-state index is 12.1. The van der Waals surface area contributed by atoms with Gasteiger partial charge in [-0.05, 0) is 37.8 Å². The second-order valence-electron chi connectivity index (χ2n) is 5.95. The molecule has 0 aromatic heterocycles. The molecule has 0 aliphatic carbocycles. The number of thioether (sulfide) groups is 1. The Balaban J connectivity index is 2.37. The summed E-state index contributed by atoms with van der Waals surface area (Å²) < 4.78 is 0. The fraction of sp³-hybridized carbons (Fsp3) is 0.529. The van der Waals surface area contributed by atoms with Crippen LogP contribution in [0.15, 0.2) is 29.2 Å². The van der Waals surface area contributed by atoms with Gasteiger partial charge in [0, 0.05) is 11.4 Å². The molecule has 0 saturated heterocycles. The molecule has 6 heteroatoms. The van der Waals surface area contributed by atoms with Crippen molar-refractivity contribution < 1.29 is 9.59 Å². The molecule has 0 bridgehead atoms. The van der Waals surface area contributed by atoms with E-state index in [1.165, 1.54) is 0 Å². The lowest BCUT2D eigenvalue weighted by atomic mass is 10.1. The van der Waals surface area contributed by atoms with Gasteiger partial charge in [-0.3, -0.25) is 14.5 Å². The summed E-state index contributed by atoms with van der Waals surface area (Å²) in [5.41, 5.74) is 0.805. The zero-order valence-corrected chi connectivity index (χ0v) is 15.2. The van der Waals surface area contributed by atoms with Crippen molar-refractivity contribution >= 4 is 29.3 Å². The maximum atomic E-state index is 12.1. The van der Waals surface area contributed by atoms with Crippen LogP contribution < -0.4 is 10.6 Å². The van der Waals surface area contributed by atoms with Crippen LogP contribution in [0.25, 0.3) is 0 Å². The summed E-state index contributed by atoms with van der Waals surface area (Å²) in [5, 5.41) is 5.76. The molecule has 1 aromatic carbocycles. The fourth-order valence-corrected chi connectivity index (χ4v) is 2.59. The maximum Gasteiger partial charge on any atom is 0.238 e. The van der Waals surface area contributed by atoms with Crippen LogP contribution in [0.4, 0.5) is 5.69 Å². The van der Waals surface area contributed by atoms with Crippen molar-refractivity contribution in [2.75, 3.05) is 38.3 Å². The Hall–Kier alpha value is -1.53. The van der Waals surface area contributed by atoms with E-state index in [2.05, 4.69) is 24.5 Å². The van der Waals surface area contributed by atoms with Crippen LogP contribution in [0.5, 0.6) is 0 Å². The highest BCUT2D eigenvalue weighted by Gasteiger charge is 2.12. The molecule has 0 aliphatic heterocycles. The quantitative estimate of drug-likeness (QED) is 0.680. The van der Waals surface area contributed by atoms with Crippen molar-refractivity contribution in [1.82, 2.24) is 10.2 Å². The van der Waals surface area contributed by atoms with Crippen LogP contribution in [0, 0.1) is 5.92 Å². The minimum Gasteiger partial charge on any atom is -0.355 e. The summed E-state index contributed by atoms with van der Waals surface area (Å²) >= 11 is 1.59. The zero-order valence-electron chi connectivity index (χ0n) is 14.4. The number of para-hydroxylation sites is 1. The number of likely N-dealkylation sites (N-methyl/N-ethyl adjacent to an activating group) is 1. The summed E-state index contributed by atoms with van der Waals surface area (Å²) in [6.07, 6.45) is 2.93. The first kappa shape index (κ1) is 19.5. The lowest BCUT2D eigenvalue weighted by Gasteiger charge is -2.17. The van der Waals surface area contributed by atoms with Crippen LogP contribution in [0.2, 0.25) is 0 Å². The zero-order chi connectivity index (χ0) is 17.2. The molecule has 0 unspecified atom stereocenters. The van der Waals surface area contributed by atoms with Crippen molar-refractivity contribution in [2.45, 2.75) is 25.2 Å². The Labute approximate surface area is 143 Å². The number of nitrogens with one attached hydrogen (secondary N) is 2. The highest BCUT2D eigenvalue weighted by molar-refractivity contribution is 7.98. The third kappa shape index (κ3) is 8.04. The largest absolute Gasteiger partial charge is 0.355 e. The van der Waals surface area contributed by atoms with Gasteiger partial charge in [-0.2, -0.15) is 0 Å². The second-order valence-corrected chi connectivity index (χ2v) is 6.80. The van der Waals surface area contributed by atoms with Crippen LogP contribution in [0.1, 0.15) is 20.3 Å². The normalized spacial score (nSPS) is 10.9. The number of carbonyl (C=O) groups excluding carboxylic acids is 2. The Morgan fingerprint density at radius 1 is 1.17 bits per heavy atom. The number of amides is 2. The van der Waals surface area contributed by atoms with Crippen molar-refractivity contribution in [2.24, 2.45) is 5.92 Å². The smallest absolute Gasteiger partial charge is 0.238 e. The first-order valence-corrected chi connectivity index (χ1v) is 9.03. The summed E-state index contributed by atoms with van der Waals surface area (Å²) in [6.45, 7) is 5.32. The number of rotatable bonds is 9. The minimum atomic E-state index is -0.121. The topological polar surface area (TPSA) is 61.4 Å². The Morgan fingerprint density at radius 3 is 2.48 bits per heavy atom. The second kappa shape index (κ2) is 10.3. The highest BCUT2D eigenvalue weighted by atomic mass is 32.2. The standard InChI is InChI=1S/C17H27N3O2S/c1-13(2)9-10-18-16(21)11-20(3)12-17(22)19-14-7-5-6-8-15(14)23-4/h5-8,13H,9-12H2,1-4H3,(H,18,21)(H,19,22). The van der Waals surface area contributed by atoms with Gasteiger partial charge in [0.15, 0.2) is 0 Å². The molecule has 0 atom stereocenters. The molecule has 0 heterocycles. The average molecular weight is 337 g/mol. The van der Waals surface area contributed by atoms with Crippen LogP contribution in [-0.2, 0) is 9.59 Å². The van der Waals surface area contributed by atoms with E-state index in [0.717, 1.165) is 17.0 Å². The average Bonchev–Trinajstić information content (AvgIpc) is 2.46. The third-order valence-electron chi connectivity index (χ3n) is 3.25. The SMILES string of the molecule is CSc1ccccc1NC(=O)CN(C)CC(=O)NCCC(C)C. The molecule has 0 fully saturated rings. The van der Waals surface area contributed by atoms with E-state index >= 15 is 0 Å². The Bertz CT molecular complexity index is 520. The lowest BCUT2D eigenvalue weighted by Crippen LogP contribution is -2.39. The van der Waals surface area contributed by atoms with E-state index in [0.29, 0.717) is 12.5 Å². The van der Waals surface area contributed by atoms with Crippen LogP contribution in [-0.4, -0.2) is 49.7 Å². The Morgan fingerprint density at radius 2 is 1.83 bits per heavy atom. The van der Waals surface area contributed by atoms with Crippen molar-refractivity contribution in [3.63, 3.8) is 0 Å². The predicted octanol–water partition coefficient (Wildman–Crippen LogP) is 2.44. The van der Waals surface area contributed by atoms with Gasteiger partial charge in [-0.25, -0.2) is 0 Å². The van der Waals surface area contributed by atoms with Gasteiger partial charge in [-0.15, -0.1) is 11.8 Å². The minimum absolute atomic E-state index is 0.0505. The molecule has 2 amide bonds. The molecule has 5 nitrogen and oxygen atoms in total. The molecule has 0 spiro atoms. The molecular formula is C17H27N3O2S. The number of carbonyl (C=O) groups is 2. The van der Waals surface area contributed by atoms with Gasteiger partial charge in [-0.1, -0.05) is 26.0 Å². The van der Waals surface area contributed by atoms with Gasteiger partial charge in [0.1, 0.15) is 0 Å². The third-order valence-corrected chi connectivity index (χ3v) is 4.05. The lowest BCUT2D eigenvalue weighted by molar-refractivity contribution is -0.122. The molecular weight excluding hydrogens is 310 g/mol. The summed E-state index contributed by atoms with van der Waals surface area (Å²) in [6, 6.07) is 7.67. The molecule has 0 radical (unpaired) electrons. The van der Waals surface area contributed by atoms with E-state index in [1.54, 1.807) is 23.7 Å². The van der Waals surface area contributed by atoms with E-state index in [1.807, 2.05) is 30.5 Å². The van der Waals surface area contributed by atoms with Crippen LogP contribution in [0.3, 0.4) is 0 Å².